The fourth-order valence-electron chi connectivity index (χ4n) is 4.30. The van der Waals surface area contributed by atoms with Crippen molar-refractivity contribution in [1.82, 2.24) is 9.88 Å². The number of amides is 1. The molecular weight excluding hydrogens is 394 g/mol. The second-order valence-electron chi connectivity index (χ2n) is 8.18. The first-order chi connectivity index (χ1) is 14.4. The van der Waals surface area contributed by atoms with Crippen molar-refractivity contribution in [2.75, 3.05) is 38.2 Å². The van der Waals surface area contributed by atoms with E-state index in [0.29, 0.717) is 6.42 Å². The Morgan fingerprint density at radius 3 is 2.33 bits per heavy atom. The number of benzene rings is 2. The number of carbonyl (C=O) groups is 1. The molecule has 1 aromatic heterocycles. The van der Waals surface area contributed by atoms with Gasteiger partial charge in [0.1, 0.15) is 11.3 Å². The number of thiazole rings is 1. The van der Waals surface area contributed by atoms with E-state index >= 15 is 0 Å². The molecule has 158 valence electrons. The van der Waals surface area contributed by atoms with Gasteiger partial charge in [0.2, 0.25) is 5.91 Å². The molecule has 1 amide bonds. The normalized spacial score (nSPS) is 14.4. The van der Waals surface area contributed by atoms with Crippen LogP contribution in [0.3, 0.4) is 0 Å². The van der Waals surface area contributed by atoms with Crippen LogP contribution in [0.2, 0.25) is 0 Å². The SMILES string of the molecule is COc1ccc(C)c2sc(N3CCN(C(=O)Cc4c(C)cc(C)cc4C)CC3)nc12. The van der Waals surface area contributed by atoms with Crippen molar-refractivity contribution in [2.24, 2.45) is 0 Å². The third-order valence-electron chi connectivity index (χ3n) is 5.98. The molecule has 2 heterocycles. The highest BCUT2D eigenvalue weighted by atomic mass is 32.1. The Morgan fingerprint density at radius 1 is 1.03 bits per heavy atom. The average Bonchev–Trinajstić information content (AvgIpc) is 3.17. The number of carbonyl (C=O) groups excluding carboxylic acids is 1. The molecule has 0 atom stereocenters. The van der Waals surface area contributed by atoms with E-state index < -0.39 is 0 Å². The predicted octanol–water partition coefficient (Wildman–Crippen LogP) is 4.43. The summed E-state index contributed by atoms with van der Waals surface area (Å²) in [7, 11) is 1.69. The van der Waals surface area contributed by atoms with Gasteiger partial charge < -0.3 is 14.5 Å². The monoisotopic (exact) mass is 423 g/mol. The van der Waals surface area contributed by atoms with Gasteiger partial charge in [0.05, 0.1) is 18.2 Å². The Bertz CT molecular complexity index is 1070. The van der Waals surface area contributed by atoms with Crippen LogP contribution in [0.25, 0.3) is 10.2 Å². The summed E-state index contributed by atoms with van der Waals surface area (Å²) in [6.45, 7) is 11.5. The van der Waals surface area contributed by atoms with E-state index in [4.69, 9.17) is 9.72 Å². The van der Waals surface area contributed by atoms with Crippen LogP contribution < -0.4 is 9.64 Å². The van der Waals surface area contributed by atoms with Gasteiger partial charge in [-0.1, -0.05) is 35.1 Å². The largest absolute Gasteiger partial charge is 0.494 e. The highest BCUT2D eigenvalue weighted by molar-refractivity contribution is 7.22. The molecule has 0 unspecified atom stereocenters. The third-order valence-corrected chi connectivity index (χ3v) is 7.23. The number of hydrogen-bond donors (Lipinski definition) is 0. The van der Waals surface area contributed by atoms with Crippen molar-refractivity contribution >= 4 is 32.6 Å². The molecule has 2 aromatic carbocycles. The van der Waals surface area contributed by atoms with Crippen molar-refractivity contribution < 1.29 is 9.53 Å². The standard InChI is InChI=1S/C24H29N3O2S/c1-15-12-17(3)19(18(4)13-15)14-21(28)26-8-10-27(11-9-26)24-25-22-20(29-5)7-6-16(2)23(22)30-24/h6-7,12-13H,8-11,14H2,1-5H3. The molecule has 1 aliphatic rings. The fourth-order valence-corrected chi connectivity index (χ4v) is 5.40. The van der Waals surface area contributed by atoms with Gasteiger partial charge in [-0.2, -0.15) is 0 Å². The van der Waals surface area contributed by atoms with E-state index in [0.717, 1.165) is 42.6 Å². The third kappa shape index (κ3) is 3.88. The fraction of sp³-hybridized carbons (Fsp3) is 0.417. The minimum absolute atomic E-state index is 0.214. The number of rotatable bonds is 4. The lowest BCUT2D eigenvalue weighted by Gasteiger charge is -2.34. The summed E-state index contributed by atoms with van der Waals surface area (Å²) in [5, 5.41) is 1.01. The number of methoxy groups -OCH3 is 1. The molecule has 1 saturated heterocycles. The van der Waals surface area contributed by atoms with E-state index in [1.807, 2.05) is 11.0 Å². The molecule has 3 aromatic rings. The first-order valence-corrected chi connectivity index (χ1v) is 11.2. The maximum atomic E-state index is 12.9. The smallest absolute Gasteiger partial charge is 0.227 e. The van der Waals surface area contributed by atoms with Crippen LogP contribution in [0, 0.1) is 27.7 Å². The van der Waals surface area contributed by atoms with Gasteiger partial charge in [0, 0.05) is 26.2 Å². The molecule has 4 rings (SSSR count). The van der Waals surface area contributed by atoms with Crippen molar-refractivity contribution in [2.45, 2.75) is 34.1 Å². The summed E-state index contributed by atoms with van der Waals surface area (Å²) < 4.78 is 6.66. The molecule has 5 nitrogen and oxygen atoms in total. The van der Waals surface area contributed by atoms with Crippen molar-refractivity contribution in [3.05, 3.63) is 52.1 Å². The first kappa shape index (κ1) is 20.7. The molecule has 6 heteroatoms. The van der Waals surface area contributed by atoms with E-state index in [1.165, 1.54) is 32.5 Å². The summed E-state index contributed by atoms with van der Waals surface area (Å²) >= 11 is 1.71. The predicted molar refractivity (Wildman–Crippen MR) is 124 cm³/mol. The number of anilines is 1. The second kappa shape index (κ2) is 8.26. The van der Waals surface area contributed by atoms with Gasteiger partial charge >= 0.3 is 0 Å². The van der Waals surface area contributed by atoms with E-state index in [9.17, 15) is 4.79 Å². The van der Waals surface area contributed by atoms with Crippen LogP contribution in [0.15, 0.2) is 24.3 Å². The van der Waals surface area contributed by atoms with Crippen LogP contribution in [0.5, 0.6) is 5.75 Å². The van der Waals surface area contributed by atoms with Gasteiger partial charge in [-0.05, 0) is 56.0 Å². The van der Waals surface area contributed by atoms with Crippen LogP contribution in [0.4, 0.5) is 5.13 Å². The van der Waals surface area contributed by atoms with Crippen LogP contribution in [0.1, 0.15) is 27.8 Å². The number of piperazine rings is 1. The van der Waals surface area contributed by atoms with Crippen LogP contribution >= 0.6 is 11.3 Å². The Labute approximate surface area is 182 Å². The molecule has 0 N–H and O–H groups in total. The Hall–Kier alpha value is -2.60. The van der Waals surface area contributed by atoms with E-state index in [1.54, 1.807) is 18.4 Å². The number of aryl methyl sites for hydroxylation is 4. The molecule has 0 spiro atoms. The molecule has 1 fully saturated rings. The molecular formula is C24H29N3O2S. The Morgan fingerprint density at radius 2 is 1.70 bits per heavy atom. The lowest BCUT2D eigenvalue weighted by molar-refractivity contribution is -0.130. The summed E-state index contributed by atoms with van der Waals surface area (Å²) in [6.07, 6.45) is 0.482. The summed E-state index contributed by atoms with van der Waals surface area (Å²) in [5.41, 5.74) is 6.98. The van der Waals surface area contributed by atoms with E-state index in [-0.39, 0.29) is 5.91 Å². The average molecular weight is 424 g/mol. The van der Waals surface area contributed by atoms with Gasteiger partial charge in [-0.15, -0.1) is 0 Å². The number of nitrogens with zero attached hydrogens (tertiary/aromatic N) is 3. The zero-order chi connectivity index (χ0) is 21.4. The molecule has 0 aliphatic carbocycles. The molecule has 0 radical (unpaired) electrons. The van der Waals surface area contributed by atoms with E-state index in [2.05, 4.69) is 50.8 Å². The van der Waals surface area contributed by atoms with Crippen molar-refractivity contribution in [3.8, 4) is 5.75 Å². The van der Waals surface area contributed by atoms with Gasteiger partial charge in [0.15, 0.2) is 5.13 Å². The Balaban J connectivity index is 1.45. The summed E-state index contributed by atoms with van der Waals surface area (Å²) in [4.78, 5) is 22.1. The first-order valence-electron chi connectivity index (χ1n) is 10.4. The van der Waals surface area contributed by atoms with Gasteiger partial charge in [-0.3, -0.25) is 4.79 Å². The van der Waals surface area contributed by atoms with Gasteiger partial charge in [0.25, 0.3) is 0 Å². The lowest BCUT2D eigenvalue weighted by Crippen LogP contribution is -2.49. The minimum atomic E-state index is 0.214. The topological polar surface area (TPSA) is 45.7 Å². The van der Waals surface area contributed by atoms with Gasteiger partial charge in [-0.25, -0.2) is 4.98 Å². The van der Waals surface area contributed by atoms with Crippen molar-refractivity contribution in [3.63, 3.8) is 0 Å². The maximum Gasteiger partial charge on any atom is 0.227 e. The van der Waals surface area contributed by atoms with Crippen molar-refractivity contribution in [1.29, 1.82) is 0 Å². The second-order valence-corrected chi connectivity index (χ2v) is 9.16. The summed E-state index contributed by atoms with van der Waals surface area (Å²) in [5.74, 6) is 1.03. The Kier molecular flexibility index (Phi) is 5.69. The number of ether oxygens (including phenoxy) is 1. The summed E-state index contributed by atoms with van der Waals surface area (Å²) in [6, 6.07) is 8.38. The highest BCUT2D eigenvalue weighted by Gasteiger charge is 2.24. The molecule has 0 bridgehead atoms. The number of aromatic nitrogens is 1. The molecule has 30 heavy (non-hydrogen) atoms. The minimum Gasteiger partial charge on any atom is -0.494 e. The van der Waals surface area contributed by atoms with Crippen LogP contribution in [-0.2, 0) is 11.2 Å². The zero-order valence-electron chi connectivity index (χ0n) is 18.4. The zero-order valence-corrected chi connectivity index (χ0v) is 19.2. The molecule has 1 aliphatic heterocycles. The lowest BCUT2D eigenvalue weighted by atomic mass is 9.97. The maximum absolute atomic E-state index is 12.9. The molecule has 0 saturated carbocycles. The van der Waals surface area contributed by atoms with Crippen LogP contribution in [-0.4, -0.2) is 49.1 Å². The number of fused-ring (bicyclic) bond motifs is 1. The number of hydrogen-bond acceptors (Lipinski definition) is 5. The highest BCUT2D eigenvalue weighted by Crippen LogP contribution is 2.36. The quantitative estimate of drug-likeness (QED) is 0.623.